The predicted molar refractivity (Wildman–Crippen MR) is 128 cm³/mol. The average Bonchev–Trinajstić information content (AvgIpc) is 3.07. The molecule has 1 fully saturated rings. The number of thioether (sulfide) groups is 1. The standard InChI is InChI=1S/C25H35N3O2S/c1-5-8-25(30)26-15-20-9-7-12-27(16-20)17-24(29)23-13-18(2)28(19(23)3)21-10-6-11-22(14-21)31-4/h6,10-11,13-14,20H,5,7-9,12,15-17H2,1-4H3,(H,26,30). The lowest BCUT2D eigenvalue weighted by atomic mass is 9.97. The minimum absolute atomic E-state index is 0.133. The van der Waals surface area contributed by atoms with Gasteiger partial charge in [-0.05, 0) is 76.1 Å². The minimum atomic E-state index is 0.133. The fourth-order valence-electron chi connectivity index (χ4n) is 4.52. The lowest BCUT2D eigenvalue weighted by Crippen LogP contribution is -2.42. The monoisotopic (exact) mass is 441 g/mol. The van der Waals surface area contributed by atoms with Gasteiger partial charge in [-0.15, -0.1) is 11.8 Å². The molecule has 1 amide bonds. The van der Waals surface area contributed by atoms with Gasteiger partial charge in [0.15, 0.2) is 5.78 Å². The van der Waals surface area contributed by atoms with Crippen LogP contribution in [-0.4, -0.2) is 53.6 Å². The number of Topliss-reactive ketones (excluding diaryl/α,β-unsaturated/α-hetero) is 1. The molecule has 0 saturated carbocycles. The molecule has 168 valence electrons. The van der Waals surface area contributed by atoms with Crippen LogP contribution in [0.4, 0.5) is 0 Å². The highest BCUT2D eigenvalue weighted by Gasteiger charge is 2.24. The van der Waals surface area contributed by atoms with Gasteiger partial charge in [0.25, 0.3) is 0 Å². The van der Waals surface area contributed by atoms with E-state index in [9.17, 15) is 9.59 Å². The number of carbonyl (C=O) groups is 2. The maximum absolute atomic E-state index is 13.2. The van der Waals surface area contributed by atoms with Crippen molar-refractivity contribution < 1.29 is 9.59 Å². The first kappa shape index (κ1) is 23.6. The third-order valence-corrected chi connectivity index (χ3v) is 6.80. The Balaban J connectivity index is 1.66. The van der Waals surface area contributed by atoms with Crippen molar-refractivity contribution in [3.05, 3.63) is 47.3 Å². The first-order valence-electron chi connectivity index (χ1n) is 11.3. The summed E-state index contributed by atoms with van der Waals surface area (Å²) in [6, 6.07) is 10.5. The van der Waals surface area contributed by atoms with E-state index in [2.05, 4.69) is 52.2 Å². The number of ketones is 1. The van der Waals surface area contributed by atoms with Gasteiger partial charge in [-0.2, -0.15) is 0 Å². The maximum atomic E-state index is 13.2. The second-order valence-corrected chi connectivity index (χ2v) is 9.42. The highest BCUT2D eigenvalue weighted by Crippen LogP contribution is 2.25. The number of piperidine rings is 1. The van der Waals surface area contributed by atoms with Crippen LogP contribution in [0, 0.1) is 19.8 Å². The zero-order valence-electron chi connectivity index (χ0n) is 19.2. The van der Waals surface area contributed by atoms with Gasteiger partial charge in [0.1, 0.15) is 0 Å². The van der Waals surface area contributed by atoms with Crippen LogP contribution in [0.5, 0.6) is 0 Å². The van der Waals surface area contributed by atoms with Gasteiger partial charge in [-0.3, -0.25) is 14.5 Å². The molecule has 1 unspecified atom stereocenters. The number of nitrogens with zero attached hydrogens (tertiary/aromatic N) is 2. The molecule has 0 bridgehead atoms. The molecule has 0 spiro atoms. The number of benzene rings is 1. The molecule has 1 aliphatic rings. The number of nitrogens with one attached hydrogen (secondary N) is 1. The first-order valence-corrected chi connectivity index (χ1v) is 12.5. The highest BCUT2D eigenvalue weighted by molar-refractivity contribution is 7.98. The van der Waals surface area contributed by atoms with Crippen LogP contribution in [0.2, 0.25) is 0 Å². The smallest absolute Gasteiger partial charge is 0.219 e. The lowest BCUT2D eigenvalue weighted by Gasteiger charge is -2.32. The Morgan fingerprint density at radius 1 is 1.23 bits per heavy atom. The molecule has 1 aromatic carbocycles. The van der Waals surface area contributed by atoms with Crippen molar-refractivity contribution in [1.82, 2.24) is 14.8 Å². The summed E-state index contributed by atoms with van der Waals surface area (Å²) in [5.41, 5.74) is 3.99. The van der Waals surface area contributed by atoms with Crippen LogP contribution in [0.3, 0.4) is 0 Å². The zero-order valence-corrected chi connectivity index (χ0v) is 20.1. The predicted octanol–water partition coefficient (Wildman–Crippen LogP) is 4.63. The number of aromatic nitrogens is 1. The molecule has 2 aromatic rings. The quantitative estimate of drug-likeness (QED) is 0.455. The normalized spacial score (nSPS) is 17.0. The number of rotatable bonds is 9. The number of carbonyl (C=O) groups excluding carboxylic acids is 2. The molecular formula is C25H35N3O2S. The highest BCUT2D eigenvalue weighted by atomic mass is 32.2. The van der Waals surface area contributed by atoms with Gasteiger partial charge in [0, 0.05) is 47.0 Å². The van der Waals surface area contributed by atoms with Gasteiger partial charge < -0.3 is 9.88 Å². The summed E-state index contributed by atoms with van der Waals surface area (Å²) in [4.78, 5) is 28.4. The third kappa shape index (κ3) is 6.01. The molecule has 5 nitrogen and oxygen atoms in total. The average molecular weight is 442 g/mol. The summed E-state index contributed by atoms with van der Waals surface area (Å²) in [6.07, 6.45) is 5.71. The third-order valence-electron chi connectivity index (χ3n) is 6.08. The molecule has 1 aliphatic heterocycles. The van der Waals surface area contributed by atoms with Crippen LogP contribution in [0.15, 0.2) is 35.2 Å². The van der Waals surface area contributed by atoms with E-state index in [0.29, 0.717) is 25.4 Å². The molecule has 1 N–H and O–H groups in total. The molecule has 31 heavy (non-hydrogen) atoms. The SMILES string of the molecule is CCCC(=O)NCC1CCCN(CC(=O)c2cc(C)n(-c3cccc(SC)c3)c2C)C1. The van der Waals surface area contributed by atoms with E-state index in [1.165, 1.54) is 4.90 Å². The fraction of sp³-hybridized carbons (Fsp3) is 0.520. The van der Waals surface area contributed by atoms with Crippen molar-refractivity contribution in [3.8, 4) is 5.69 Å². The second kappa shape index (κ2) is 11.0. The Morgan fingerprint density at radius 3 is 2.77 bits per heavy atom. The van der Waals surface area contributed by atoms with Crippen molar-refractivity contribution in [1.29, 1.82) is 0 Å². The fourth-order valence-corrected chi connectivity index (χ4v) is 4.97. The van der Waals surface area contributed by atoms with E-state index in [-0.39, 0.29) is 11.7 Å². The van der Waals surface area contributed by atoms with E-state index >= 15 is 0 Å². The number of hydrogen-bond acceptors (Lipinski definition) is 4. The summed E-state index contributed by atoms with van der Waals surface area (Å²) in [7, 11) is 0. The summed E-state index contributed by atoms with van der Waals surface area (Å²) < 4.78 is 2.18. The molecular weight excluding hydrogens is 406 g/mol. The first-order chi connectivity index (χ1) is 14.9. The van der Waals surface area contributed by atoms with E-state index in [0.717, 1.165) is 55.0 Å². The number of amides is 1. The van der Waals surface area contributed by atoms with Crippen molar-refractivity contribution in [3.63, 3.8) is 0 Å². The van der Waals surface area contributed by atoms with Crippen LogP contribution < -0.4 is 5.32 Å². The Hall–Kier alpha value is -2.05. The van der Waals surface area contributed by atoms with Crippen molar-refractivity contribution >= 4 is 23.5 Å². The van der Waals surface area contributed by atoms with Crippen molar-refractivity contribution in [2.24, 2.45) is 5.92 Å². The molecule has 6 heteroatoms. The van der Waals surface area contributed by atoms with Crippen LogP contribution in [0.1, 0.15) is 54.4 Å². The Morgan fingerprint density at radius 2 is 2.03 bits per heavy atom. The largest absolute Gasteiger partial charge is 0.356 e. The lowest BCUT2D eigenvalue weighted by molar-refractivity contribution is -0.121. The topological polar surface area (TPSA) is 54.3 Å². The number of aryl methyl sites for hydroxylation is 1. The number of hydrogen-bond donors (Lipinski definition) is 1. The van der Waals surface area contributed by atoms with Crippen LogP contribution in [0.25, 0.3) is 5.69 Å². The zero-order chi connectivity index (χ0) is 22.4. The van der Waals surface area contributed by atoms with E-state index in [1.54, 1.807) is 11.8 Å². The molecule has 0 aliphatic carbocycles. The minimum Gasteiger partial charge on any atom is -0.356 e. The van der Waals surface area contributed by atoms with Crippen molar-refractivity contribution in [2.45, 2.75) is 51.3 Å². The van der Waals surface area contributed by atoms with Crippen LogP contribution >= 0.6 is 11.8 Å². The van der Waals surface area contributed by atoms with Gasteiger partial charge >= 0.3 is 0 Å². The Bertz CT molecular complexity index is 921. The summed E-state index contributed by atoms with van der Waals surface area (Å²) >= 11 is 1.72. The molecule has 2 heterocycles. The summed E-state index contributed by atoms with van der Waals surface area (Å²) in [5.74, 6) is 0.730. The molecule has 1 saturated heterocycles. The van der Waals surface area contributed by atoms with E-state index in [1.807, 2.05) is 19.9 Å². The van der Waals surface area contributed by atoms with Gasteiger partial charge in [0.2, 0.25) is 5.91 Å². The molecule has 3 rings (SSSR count). The van der Waals surface area contributed by atoms with Crippen LogP contribution in [-0.2, 0) is 4.79 Å². The summed E-state index contributed by atoms with van der Waals surface area (Å²) in [5, 5.41) is 3.05. The molecule has 1 atom stereocenters. The van der Waals surface area contributed by atoms with Gasteiger partial charge in [-0.1, -0.05) is 13.0 Å². The Labute approximate surface area is 190 Å². The Kier molecular flexibility index (Phi) is 8.38. The number of likely N-dealkylation sites (tertiary alicyclic amines) is 1. The molecule has 0 radical (unpaired) electrons. The van der Waals surface area contributed by atoms with E-state index in [4.69, 9.17) is 0 Å². The summed E-state index contributed by atoms with van der Waals surface area (Å²) in [6.45, 7) is 9.08. The second-order valence-electron chi connectivity index (χ2n) is 8.54. The maximum Gasteiger partial charge on any atom is 0.219 e. The van der Waals surface area contributed by atoms with E-state index < -0.39 is 0 Å². The van der Waals surface area contributed by atoms with Gasteiger partial charge in [0.05, 0.1) is 6.54 Å². The van der Waals surface area contributed by atoms with Gasteiger partial charge in [-0.25, -0.2) is 0 Å². The molecule has 1 aromatic heterocycles. The van der Waals surface area contributed by atoms with Crippen molar-refractivity contribution in [2.75, 3.05) is 32.4 Å².